The molecule has 3 N–H and O–H groups in total. The minimum Gasteiger partial charge on any atom is -0.350 e. The second-order valence-electron chi connectivity index (χ2n) is 8.05. The molecule has 0 saturated carbocycles. The van der Waals surface area contributed by atoms with E-state index in [0.29, 0.717) is 12.1 Å². The third kappa shape index (κ3) is 6.49. The first-order valence-corrected chi connectivity index (χ1v) is 10.7. The van der Waals surface area contributed by atoms with Crippen LogP contribution < -0.4 is 10.8 Å². The lowest BCUT2D eigenvalue weighted by atomic mass is 10.1. The average Bonchev–Trinajstić information content (AvgIpc) is 2.82. The molecule has 3 aromatic carbocycles. The summed E-state index contributed by atoms with van der Waals surface area (Å²) in [4.78, 5) is 38.8. The normalized spacial score (nSPS) is 10.5. The van der Waals surface area contributed by atoms with Gasteiger partial charge in [-0.05, 0) is 43.7 Å². The highest BCUT2D eigenvalue weighted by Crippen LogP contribution is 2.17. The van der Waals surface area contributed by atoms with Crippen molar-refractivity contribution in [3.63, 3.8) is 0 Å². The molecule has 8 heteroatoms. The van der Waals surface area contributed by atoms with Crippen molar-refractivity contribution in [3.05, 3.63) is 106 Å². The molecule has 0 aliphatic rings. The first kappa shape index (κ1) is 24.6. The highest BCUT2D eigenvalue weighted by Gasteiger charge is 2.22. The Bertz CT molecular complexity index is 1180. The smallest absolute Gasteiger partial charge is 0.274 e. The first-order chi connectivity index (χ1) is 16.3. The van der Waals surface area contributed by atoms with Crippen LogP contribution >= 0.6 is 0 Å². The van der Waals surface area contributed by atoms with Crippen LogP contribution in [0.3, 0.4) is 0 Å². The van der Waals surface area contributed by atoms with E-state index in [-0.39, 0.29) is 24.2 Å². The second-order valence-corrected chi connectivity index (χ2v) is 8.05. The molecule has 176 valence electrons. The number of nitrogens with zero attached hydrogens (tertiary/aromatic N) is 1. The fourth-order valence-corrected chi connectivity index (χ4v) is 3.59. The molecule has 0 fully saturated rings. The Labute approximate surface area is 197 Å². The van der Waals surface area contributed by atoms with Crippen molar-refractivity contribution in [3.8, 4) is 0 Å². The predicted molar refractivity (Wildman–Crippen MR) is 125 cm³/mol. The van der Waals surface area contributed by atoms with Crippen LogP contribution in [0.5, 0.6) is 0 Å². The van der Waals surface area contributed by atoms with Gasteiger partial charge in [-0.15, -0.1) is 0 Å². The van der Waals surface area contributed by atoms with Gasteiger partial charge in [0.05, 0.1) is 0 Å². The van der Waals surface area contributed by atoms with E-state index in [1.807, 2.05) is 50.2 Å². The molecule has 0 atom stereocenters. The number of benzene rings is 3. The van der Waals surface area contributed by atoms with E-state index in [9.17, 15) is 18.8 Å². The molecular weight excluding hydrogens is 437 g/mol. The summed E-state index contributed by atoms with van der Waals surface area (Å²) in [5, 5.41) is 11.5. The Morgan fingerprint density at radius 1 is 0.912 bits per heavy atom. The van der Waals surface area contributed by atoms with E-state index < -0.39 is 23.5 Å². The van der Waals surface area contributed by atoms with Crippen LogP contribution in [0.1, 0.15) is 43.0 Å². The SMILES string of the molecule is Cc1cc(C)cc(C(=O)N(CC(=O)NCc2ccccc2)Cc2ccc(C(=O)NO)cc2F)c1. The number of amides is 3. The lowest BCUT2D eigenvalue weighted by molar-refractivity contribution is -0.122. The Morgan fingerprint density at radius 3 is 2.21 bits per heavy atom. The highest BCUT2D eigenvalue weighted by atomic mass is 19.1. The molecule has 0 aromatic heterocycles. The zero-order valence-corrected chi connectivity index (χ0v) is 19.0. The summed E-state index contributed by atoms with van der Waals surface area (Å²) >= 11 is 0. The van der Waals surface area contributed by atoms with Crippen LogP contribution in [0.25, 0.3) is 0 Å². The minimum atomic E-state index is -0.853. The molecule has 3 aromatic rings. The quantitative estimate of drug-likeness (QED) is 0.352. The maximum absolute atomic E-state index is 14.7. The van der Waals surface area contributed by atoms with Gasteiger partial charge in [-0.3, -0.25) is 19.6 Å². The number of aryl methyl sites for hydroxylation is 2. The molecule has 0 heterocycles. The zero-order valence-electron chi connectivity index (χ0n) is 19.0. The molecule has 3 amide bonds. The summed E-state index contributed by atoms with van der Waals surface area (Å²) in [5.41, 5.74) is 4.59. The first-order valence-electron chi connectivity index (χ1n) is 10.7. The van der Waals surface area contributed by atoms with E-state index in [4.69, 9.17) is 5.21 Å². The van der Waals surface area contributed by atoms with Crippen LogP contribution in [0, 0.1) is 19.7 Å². The third-order valence-electron chi connectivity index (χ3n) is 5.20. The van der Waals surface area contributed by atoms with E-state index in [1.165, 1.54) is 22.5 Å². The van der Waals surface area contributed by atoms with E-state index in [1.54, 1.807) is 12.1 Å². The minimum absolute atomic E-state index is 0.0726. The van der Waals surface area contributed by atoms with Crippen molar-refractivity contribution in [2.24, 2.45) is 0 Å². The molecule has 0 bridgehead atoms. The van der Waals surface area contributed by atoms with Gasteiger partial charge in [0.1, 0.15) is 12.4 Å². The van der Waals surface area contributed by atoms with Crippen molar-refractivity contribution in [2.45, 2.75) is 26.9 Å². The Balaban J connectivity index is 1.83. The molecule has 0 spiro atoms. The molecule has 0 saturated heterocycles. The third-order valence-corrected chi connectivity index (χ3v) is 5.20. The van der Waals surface area contributed by atoms with Crippen LogP contribution in [0.2, 0.25) is 0 Å². The predicted octanol–water partition coefficient (Wildman–Crippen LogP) is 3.52. The average molecular weight is 464 g/mol. The molecule has 7 nitrogen and oxygen atoms in total. The monoisotopic (exact) mass is 463 g/mol. The number of nitrogens with one attached hydrogen (secondary N) is 2. The molecule has 34 heavy (non-hydrogen) atoms. The standard InChI is InChI=1S/C26H26FN3O4/c1-17-10-18(2)12-22(11-17)26(33)30(16-24(31)28-14-19-6-4-3-5-7-19)15-21-9-8-20(13-23(21)27)25(32)29-34/h3-13,34H,14-16H2,1-2H3,(H,28,31)(H,29,32). The Morgan fingerprint density at radius 2 is 1.59 bits per heavy atom. The zero-order chi connectivity index (χ0) is 24.7. The molecular formula is C26H26FN3O4. The van der Waals surface area contributed by atoms with Crippen LogP contribution in [0.4, 0.5) is 4.39 Å². The molecule has 0 unspecified atom stereocenters. The van der Waals surface area contributed by atoms with Crippen molar-refractivity contribution >= 4 is 17.7 Å². The lowest BCUT2D eigenvalue weighted by Gasteiger charge is -2.23. The molecule has 3 rings (SSSR count). The van der Waals surface area contributed by atoms with Crippen LogP contribution in [-0.2, 0) is 17.9 Å². The van der Waals surface area contributed by atoms with Crippen molar-refractivity contribution in [1.82, 2.24) is 15.7 Å². The van der Waals surface area contributed by atoms with Gasteiger partial charge < -0.3 is 10.2 Å². The number of rotatable bonds is 8. The largest absolute Gasteiger partial charge is 0.350 e. The van der Waals surface area contributed by atoms with E-state index in [2.05, 4.69) is 5.32 Å². The number of carbonyl (C=O) groups excluding carboxylic acids is 3. The number of halogens is 1. The second kappa shape index (κ2) is 11.2. The van der Waals surface area contributed by atoms with Crippen molar-refractivity contribution in [2.75, 3.05) is 6.54 Å². The van der Waals surface area contributed by atoms with Gasteiger partial charge in [0.15, 0.2) is 0 Å². The lowest BCUT2D eigenvalue weighted by Crippen LogP contribution is -2.40. The summed E-state index contributed by atoms with van der Waals surface area (Å²) in [5.74, 6) is -2.39. The fraction of sp³-hybridized carbons (Fsp3) is 0.192. The fourth-order valence-electron chi connectivity index (χ4n) is 3.59. The molecule has 0 radical (unpaired) electrons. The number of hydrogen-bond donors (Lipinski definition) is 3. The summed E-state index contributed by atoms with van der Waals surface area (Å²) in [6.07, 6.45) is 0. The molecule has 0 aliphatic heterocycles. The van der Waals surface area contributed by atoms with E-state index in [0.717, 1.165) is 22.8 Å². The maximum atomic E-state index is 14.7. The van der Waals surface area contributed by atoms with Gasteiger partial charge in [-0.25, -0.2) is 9.87 Å². The number of hydrogen-bond acceptors (Lipinski definition) is 4. The van der Waals surface area contributed by atoms with Gasteiger partial charge in [-0.1, -0.05) is 53.6 Å². The van der Waals surface area contributed by atoms with Gasteiger partial charge >= 0.3 is 0 Å². The highest BCUT2D eigenvalue weighted by molar-refractivity contribution is 5.97. The summed E-state index contributed by atoms with van der Waals surface area (Å²) in [6, 6.07) is 18.4. The Kier molecular flexibility index (Phi) is 8.10. The van der Waals surface area contributed by atoms with Crippen LogP contribution in [0.15, 0.2) is 66.7 Å². The Hall–Kier alpha value is -4.04. The van der Waals surface area contributed by atoms with Gasteiger partial charge in [0.25, 0.3) is 11.8 Å². The van der Waals surface area contributed by atoms with E-state index >= 15 is 0 Å². The molecule has 0 aliphatic carbocycles. The number of carbonyl (C=O) groups is 3. The topological polar surface area (TPSA) is 98.7 Å². The van der Waals surface area contributed by atoms with Crippen molar-refractivity contribution in [1.29, 1.82) is 0 Å². The summed E-state index contributed by atoms with van der Waals surface area (Å²) in [6.45, 7) is 3.57. The summed E-state index contributed by atoms with van der Waals surface area (Å²) in [7, 11) is 0. The van der Waals surface area contributed by atoms with Gasteiger partial charge in [-0.2, -0.15) is 0 Å². The maximum Gasteiger partial charge on any atom is 0.274 e. The number of hydroxylamine groups is 1. The van der Waals surface area contributed by atoms with Gasteiger partial charge in [0.2, 0.25) is 5.91 Å². The van der Waals surface area contributed by atoms with Crippen LogP contribution in [-0.4, -0.2) is 34.4 Å². The summed E-state index contributed by atoms with van der Waals surface area (Å²) < 4.78 is 14.7. The van der Waals surface area contributed by atoms with Gasteiger partial charge in [0, 0.05) is 29.8 Å². The van der Waals surface area contributed by atoms with Crippen molar-refractivity contribution < 1.29 is 24.0 Å².